The maximum absolute atomic E-state index is 11.9. The Balaban J connectivity index is 1.52. The molecular formula is C20H20N4O3. The van der Waals surface area contributed by atoms with E-state index >= 15 is 0 Å². The predicted octanol–water partition coefficient (Wildman–Crippen LogP) is 2.38. The molecule has 2 aromatic carbocycles. The molecule has 3 N–H and O–H groups in total. The Hall–Kier alpha value is -3.61. The number of aromatic hydroxyl groups is 2. The number of carbonyl (C=O) groups is 1. The molecule has 138 valence electrons. The van der Waals surface area contributed by atoms with Gasteiger partial charge in [0.1, 0.15) is 5.69 Å². The number of phenolic OH excluding ortho intramolecular Hbond substituents is 2. The predicted molar refractivity (Wildman–Crippen MR) is 101 cm³/mol. The normalized spacial score (nSPS) is 11.0. The van der Waals surface area contributed by atoms with Gasteiger partial charge < -0.3 is 15.5 Å². The summed E-state index contributed by atoms with van der Waals surface area (Å²) in [5.41, 5.74) is 3.58. The van der Waals surface area contributed by atoms with Gasteiger partial charge in [0, 0.05) is 6.08 Å². The Bertz CT molecular complexity index is 979. The van der Waals surface area contributed by atoms with Crippen molar-refractivity contribution in [1.82, 2.24) is 20.3 Å². The molecule has 27 heavy (non-hydrogen) atoms. The number of aryl methyl sites for hydroxylation is 1. The Morgan fingerprint density at radius 2 is 2.04 bits per heavy atom. The summed E-state index contributed by atoms with van der Waals surface area (Å²) in [7, 11) is 0. The highest BCUT2D eigenvalue weighted by Crippen LogP contribution is 2.25. The first-order valence-electron chi connectivity index (χ1n) is 8.42. The van der Waals surface area contributed by atoms with E-state index in [9.17, 15) is 15.0 Å². The summed E-state index contributed by atoms with van der Waals surface area (Å²) in [6, 6.07) is 12.5. The molecule has 0 spiro atoms. The molecule has 0 saturated heterocycles. The van der Waals surface area contributed by atoms with Crippen molar-refractivity contribution in [2.24, 2.45) is 0 Å². The molecule has 3 rings (SSSR count). The Kier molecular flexibility index (Phi) is 5.51. The zero-order chi connectivity index (χ0) is 19.2. The molecule has 0 aliphatic heterocycles. The fourth-order valence-corrected chi connectivity index (χ4v) is 2.55. The van der Waals surface area contributed by atoms with Crippen molar-refractivity contribution < 1.29 is 15.0 Å². The minimum Gasteiger partial charge on any atom is -0.504 e. The summed E-state index contributed by atoms with van der Waals surface area (Å²) in [5.74, 6) is -0.732. The summed E-state index contributed by atoms with van der Waals surface area (Å²) < 4.78 is 1.73. The van der Waals surface area contributed by atoms with Crippen molar-refractivity contribution >= 4 is 12.0 Å². The number of phenols is 2. The van der Waals surface area contributed by atoms with Gasteiger partial charge in [-0.05, 0) is 36.3 Å². The van der Waals surface area contributed by atoms with Gasteiger partial charge in [-0.15, -0.1) is 5.10 Å². The summed E-state index contributed by atoms with van der Waals surface area (Å²) in [5, 5.41) is 29.6. The third kappa shape index (κ3) is 5.18. The molecule has 7 heteroatoms. The minimum absolute atomic E-state index is 0.203. The second-order valence-corrected chi connectivity index (χ2v) is 6.20. The number of nitrogens with one attached hydrogen (secondary N) is 1. The molecular weight excluding hydrogens is 344 g/mol. The van der Waals surface area contributed by atoms with Gasteiger partial charge in [0.05, 0.1) is 19.3 Å². The number of benzene rings is 2. The molecule has 0 unspecified atom stereocenters. The fourth-order valence-electron chi connectivity index (χ4n) is 2.55. The molecule has 1 amide bonds. The largest absolute Gasteiger partial charge is 0.504 e. The third-order valence-electron chi connectivity index (χ3n) is 3.88. The SMILES string of the molecule is Cc1cccc(Cn2cc(CNC(=O)/C=C/c3ccc(O)c(O)c3)nn2)c1. The van der Waals surface area contributed by atoms with Gasteiger partial charge in [-0.2, -0.15) is 0 Å². The van der Waals surface area contributed by atoms with Crippen LogP contribution in [0.3, 0.4) is 0 Å². The molecule has 3 aromatic rings. The topological polar surface area (TPSA) is 100 Å². The quantitative estimate of drug-likeness (QED) is 0.461. The highest BCUT2D eigenvalue weighted by atomic mass is 16.3. The molecule has 0 atom stereocenters. The first kappa shape index (κ1) is 18.2. The van der Waals surface area contributed by atoms with Crippen LogP contribution >= 0.6 is 0 Å². The second-order valence-electron chi connectivity index (χ2n) is 6.20. The van der Waals surface area contributed by atoms with Crippen molar-refractivity contribution in [3.05, 3.63) is 77.1 Å². The average molecular weight is 364 g/mol. The molecule has 0 saturated carbocycles. The number of carbonyl (C=O) groups excluding carboxylic acids is 1. The van der Waals surface area contributed by atoms with Gasteiger partial charge in [0.15, 0.2) is 11.5 Å². The van der Waals surface area contributed by atoms with Crippen molar-refractivity contribution in [3.8, 4) is 11.5 Å². The van der Waals surface area contributed by atoms with E-state index in [-0.39, 0.29) is 24.0 Å². The van der Waals surface area contributed by atoms with Crippen molar-refractivity contribution in [3.63, 3.8) is 0 Å². The first-order chi connectivity index (χ1) is 13.0. The van der Waals surface area contributed by atoms with Crippen molar-refractivity contribution in [2.75, 3.05) is 0 Å². The van der Waals surface area contributed by atoms with E-state index in [1.807, 2.05) is 25.1 Å². The zero-order valence-corrected chi connectivity index (χ0v) is 14.8. The standard InChI is InChI=1S/C20H20N4O3/c1-14-3-2-4-16(9-14)12-24-13-17(22-23-24)11-21-20(27)8-6-15-5-7-18(25)19(26)10-15/h2-10,13,25-26H,11-12H2,1H3,(H,21,27)/b8-6+. The van der Waals surface area contributed by atoms with Crippen molar-refractivity contribution in [2.45, 2.75) is 20.0 Å². The van der Waals surface area contributed by atoms with Crippen LogP contribution in [0.5, 0.6) is 11.5 Å². The van der Waals surface area contributed by atoms with Crippen LogP contribution in [0.15, 0.2) is 54.7 Å². The van der Waals surface area contributed by atoms with Gasteiger partial charge in [-0.25, -0.2) is 4.68 Å². The summed E-state index contributed by atoms with van der Waals surface area (Å²) >= 11 is 0. The van der Waals surface area contributed by atoms with E-state index in [1.165, 1.54) is 23.8 Å². The van der Waals surface area contributed by atoms with Crippen LogP contribution in [0.1, 0.15) is 22.4 Å². The maximum Gasteiger partial charge on any atom is 0.244 e. The Morgan fingerprint density at radius 3 is 2.81 bits per heavy atom. The van der Waals surface area contributed by atoms with E-state index in [4.69, 9.17) is 0 Å². The van der Waals surface area contributed by atoms with Crippen LogP contribution in [0.2, 0.25) is 0 Å². The van der Waals surface area contributed by atoms with Gasteiger partial charge in [0.2, 0.25) is 5.91 Å². The number of hydrogen-bond donors (Lipinski definition) is 3. The summed E-state index contributed by atoms with van der Waals surface area (Å²) in [6.45, 7) is 2.92. The minimum atomic E-state index is -0.296. The molecule has 0 fully saturated rings. The zero-order valence-electron chi connectivity index (χ0n) is 14.8. The van der Waals surface area contributed by atoms with E-state index in [0.29, 0.717) is 17.8 Å². The highest BCUT2D eigenvalue weighted by Gasteiger charge is 2.04. The lowest BCUT2D eigenvalue weighted by atomic mass is 10.1. The Morgan fingerprint density at radius 1 is 1.19 bits per heavy atom. The molecule has 0 bridgehead atoms. The highest BCUT2D eigenvalue weighted by molar-refractivity contribution is 5.91. The lowest BCUT2D eigenvalue weighted by molar-refractivity contribution is -0.116. The first-order valence-corrected chi connectivity index (χ1v) is 8.42. The van der Waals surface area contributed by atoms with Gasteiger partial charge in [0.25, 0.3) is 0 Å². The monoisotopic (exact) mass is 364 g/mol. The summed E-state index contributed by atoms with van der Waals surface area (Å²) in [6.07, 6.45) is 4.69. The number of amides is 1. The summed E-state index contributed by atoms with van der Waals surface area (Å²) in [4.78, 5) is 11.9. The van der Waals surface area contributed by atoms with E-state index < -0.39 is 0 Å². The second kappa shape index (κ2) is 8.18. The van der Waals surface area contributed by atoms with Crippen LogP contribution in [-0.4, -0.2) is 31.1 Å². The smallest absolute Gasteiger partial charge is 0.244 e. The van der Waals surface area contributed by atoms with Crippen molar-refractivity contribution in [1.29, 1.82) is 0 Å². The third-order valence-corrected chi connectivity index (χ3v) is 3.88. The number of hydrogen-bond acceptors (Lipinski definition) is 5. The number of nitrogens with zero attached hydrogens (tertiary/aromatic N) is 3. The molecule has 0 radical (unpaired) electrons. The maximum atomic E-state index is 11.9. The average Bonchev–Trinajstić information content (AvgIpc) is 3.08. The van der Waals surface area contributed by atoms with Gasteiger partial charge in [-0.1, -0.05) is 41.1 Å². The molecule has 7 nitrogen and oxygen atoms in total. The molecule has 0 aliphatic carbocycles. The fraction of sp³-hybridized carbons (Fsp3) is 0.150. The van der Waals surface area contributed by atoms with E-state index in [2.05, 4.69) is 21.7 Å². The van der Waals surface area contributed by atoms with E-state index in [1.54, 1.807) is 23.0 Å². The van der Waals surface area contributed by atoms with Crippen LogP contribution in [0.4, 0.5) is 0 Å². The number of aromatic nitrogens is 3. The molecule has 0 aliphatic rings. The van der Waals surface area contributed by atoms with Crippen LogP contribution in [0.25, 0.3) is 6.08 Å². The van der Waals surface area contributed by atoms with Crippen LogP contribution in [-0.2, 0) is 17.9 Å². The van der Waals surface area contributed by atoms with Crippen LogP contribution < -0.4 is 5.32 Å². The lowest BCUT2D eigenvalue weighted by Gasteiger charge is -2.02. The van der Waals surface area contributed by atoms with Gasteiger partial charge >= 0.3 is 0 Å². The molecule has 1 heterocycles. The van der Waals surface area contributed by atoms with Gasteiger partial charge in [-0.3, -0.25) is 4.79 Å². The van der Waals surface area contributed by atoms with E-state index in [0.717, 1.165) is 5.56 Å². The molecule has 1 aromatic heterocycles. The Labute approximate surface area is 156 Å². The number of rotatable bonds is 6. The lowest BCUT2D eigenvalue weighted by Crippen LogP contribution is -2.20. The van der Waals surface area contributed by atoms with Crippen LogP contribution in [0, 0.1) is 6.92 Å².